The number of H-pyrrole nitrogens is 1. The van der Waals surface area contributed by atoms with E-state index in [9.17, 15) is 0 Å². The van der Waals surface area contributed by atoms with Crippen molar-refractivity contribution in [3.05, 3.63) is 67.0 Å². The number of rotatable bonds is 6. The van der Waals surface area contributed by atoms with Gasteiger partial charge in [0.25, 0.3) is 0 Å². The number of hydrogen-bond donors (Lipinski definition) is 4. The highest BCUT2D eigenvalue weighted by Gasteiger charge is 2.29. The van der Waals surface area contributed by atoms with Gasteiger partial charge in [0.1, 0.15) is 5.82 Å². The van der Waals surface area contributed by atoms with Crippen molar-refractivity contribution in [2.45, 2.75) is 56.7 Å². The van der Waals surface area contributed by atoms with E-state index in [1.165, 1.54) is 55.3 Å². The molecule has 0 unspecified atom stereocenters. The Morgan fingerprint density at radius 3 is 2.61 bits per heavy atom. The van der Waals surface area contributed by atoms with Gasteiger partial charge in [0.2, 0.25) is 0 Å². The monoisotopic (exact) mass is 481 g/mol. The first-order chi connectivity index (χ1) is 17.7. The van der Waals surface area contributed by atoms with Gasteiger partial charge in [0.05, 0.1) is 11.7 Å². The maximum atomic E-state index is 5.90. The SMILES string of the molecule is Nc1ccc(N2CCC[C@H](N[C@@H]3CCCC[C@H]3Nc3cc(-c4ccc5[nH]ncc5c4)ccn3)C2)cc1. The van der Waals surface area contributed by atoms with Crippen molar-refractivity contribution >= 4 is 28.1 Å². The summed E-state index contributed by atoms with van der Waals surface area (Å²) in [6, 6.07) is 20.3. The zero-order valence-corrected chi connectivity index (χ0v) is 20.7. The number of anilines is 3. The molecule has 5 N–H and O–H groups in total. The van der Waals surface area contributed by atoms with Crippen LogP contribution in [-0.4, -0.2) is 46.4 Å². The minimum atomic E-state index is 0.379. The molecule has 1 saturated heterocycles. The Bertz CT molecular complexity index is 1300. The van der Waals surface area contributed by atoms with Gasteiger partial charge in [-0.05, 0) is 85.3 Å². The molecule has 0 amide bonds. The number of benzene rings is 2. The van der Waals surface area contributed by atoms with Gasteiger partial charge in [0, 0.05) is 54.2 Å². The lowest BCUT2D eigenvalue weighted by Gasteiger charge is -2.40. The van der Waals surface area contributed by atoms with Crippen LogP contribution in [0.25, 0.3) is 22.0 Å². The average Bonchev–Trinajstić information content (AvgIpc) is 3.39. The van der Waals surface area contributed by atoms with E-state index in [1.807, 2.05) is 24.5 Å². The number of fused-ring (bicyclic) bond motifs is 1. The molecular weight excluding hydrogens is 446 g/mol. The first-order valence-corrected chi connectivity index (χ1v) is 13.2. The van der Waals surface area contributed by atoms with Crippen molar-refractivity contribution in [2.24, 2.45) is 0 Å². The molecule has 2 aliphatic rings. The molecule has 186 valence electrons. The van der Waals surface area contributed by atoms with Crippen molar-refractivity contribution in [1.82, 2.24) is 20.5 Å². The molecule has 36 heavy (non-hydrogen) atoms. The fraction of sp³-hybridized carbons (Fsp3) is 0.379. The summed E-state index contributed by atoms with van der Waals surface area (Å²) in [7, 11) is 0. The zero-order chi connectivity index (χ0) is 24.3. The molecule has 3 heterocycles. The second-order valence-corrected chi connectivity index (χ2v) is 10.3. The molecule has 7 heteroatoms. The van der Waals surface area contributed by atoms with E-state index in [2.05, 4.69) is 73.2 Å². The van der Waals surface area contributed by atoms with Crippen LogP contribution in [0.2, 0.25) is 0 Å². The quantitative estimate of drug-likeness (QED) is 0.283. The van der Waals surface area contributed by atoms with Gasteiger partial charge in [0.15, 0.2) is 0 Å². The second-order valence-electron chi connectivity index (χ2n) is 10.3. The Balaban J connectivity index is 1.13. The summed E-state index contributed by atoms with van der Waals surface area (Å²) in [5.74, 6) is 0.950. The minimum absolute atomic E-state index is 0.379. The molecule has 0 radical (unpaired) electrons. The Hall–Kier alpha value is -3.58. The molecule has 0 bridgehead atoms. The van der Waals surface area contributed by atoms with Gasteiger partial charge in [-0.2, -0.15) is 5.10 Å². The van der Waals surface area contributed by atoms with Crippen LogP contribution in [0, 0.1) is 0 Å². The predicted octanol–water partition coefficient (Wildman–Crippen LogP) is 5.19. The standard InChI is InChI=1S/C29H35N7/c30-23-8-10-25(11-9-23)36-15-3-4-24(19-36)33-27-5-1-2-6-28(27)34-29-17-21(13-14-31-29)20-7-12-26-22(16-20)18-32-35-26/h7-14,16-18,24,27-28,33H,1-6,15,19,30H2,(H,31,34)(H,32,35)/t24-,27+,28+/m0/s1. The fourth-order valence-electron chi connectivity index (χ4n) is 5.84. The lowest BCUT2D eigenvalue weighted by molar-refractivity contribution is 0.293. The largest absolute Gasteiger partial charge is 0.399 e. The van der Waals surface area contributed by atoms with Crippen molar-refractivity contribution < 1.29 is 0 Å². The topological polar surface area (TPSA) is 94.9 Å². The Kier molecular flexibility index (Phi) is 6.47. The highest BCUT2D eigenvalue weighted by atomic mass is 15.2. The molecule has 2 aromatic heterocycles. The molecule has 2 fully saturated rings. The third-order valence-corrected chi connectivity index (χ3v) is 7.76. The Morgan fingerprint density at radius 1 is 0.889 bits per heavy atom. The van der Waals surface area contributed by atoms with Gasteiger partial charge in [-0.15, -0.1) is 0 Å². The molecule has 3 atom stereocenters. The summed E-state index contributed by atoms with van der Waals surface area (Å²) < 4.78 is 0. The summed E-state index contributed by atoms with van der Waals surface area (Å²) >= 11 is 0. The summed E-state index contributed by atoms with van der Waals surface area (Å²) in [6.45, 7) is 2.15. The molecule has 2 aromatic carbocycles. The fourth-order valence-corrected chi connectivity index (χ4v) is 5.84. The highest BCUT2D eigenvalue weighted by Crippen LogP contribution is 2.28. The number of piperidine rings is 1. The van der Waals surface area contributed by atoms with Crippen LogP contribution in [0.1, 0.15) is 38.5 Å². The van der Waals surface area contributed by atoms with E-state index >= 15 is 0 Å². The molecule has 4 aromatic rings. The van der Waals surface area contributed by atoms with Crippen LogP contribution >= 0.6 is 0 Å². The first-order valence-electron chi connectivity index (χ1n) is 13.2. The Labute approximate surface area is 212 Å². The Morgan fingerprint density at radius 2 is 1.72 bits per heavy atom. The number of nitrogens with two attached hydrogens (primary N) is 1. The predicted molar refractivity (Wildman–Crippen MR) is 148 cm³/mol. The van der Waals surface area contributed by atoms with E-state index in [0.29, 0.717) is 18.1 Å². The maximum absolute atomic E-state index is 5.90. The molecular formula is C29H35N7. The van der Waals surface area contributed by atoms with Crippen LogP contribution < -0.4 is 21.3 Å². The normalized spacial score (nSPS) is 22.6. The lowest BCUT2D eigenvalue weighted by atomic mass is 9.89. The van der Waals surface area contributed by atoms with Crippen LogP contribution in [0.5, 0.6) is 0 Å². The van der Waals surface area contributed by atoms with Crippen LogP contribution in [-0.2, 0) is 0 Å². The first kappa shape index (κ1) is 22.9. The number of nitrogen functional groups attached to an aromatic ring is 1. The van der Waals surface area contributed by atoms with Crippen LogP contribution in [0.3, 0.4) is 0 Å². The van der Waals surface area contributed by atoms with E-state index < -0.39 is 0 Å². The lowest BCUT2D eigenvalue weighted by Crippen LogP contribution is -2.54. The molecule has 6 rings (SSSR count). The summed E-state index contributed by atoms with van der Waals surface area (Å²) in [5.41, 5.74) is 11.4. The van der Waals surface area contributed by atoms with Gasteiger partial charge >= 0.3 is 0 Å². The average molecular weight is 482 g/mol. The van der Waals surface area contributed by atoms with E-state index in [0.717, 1.165) is 35.5 Å². The second kappa shape index (κ2) is 10.2. The summed E-state index contributed by atoms with van der Waals surface area (Å²) in [6.07, 6.45) is 11.1. The van der Waals surface area contributed by atoms with E-state index in [-0.39, 0.29) is 0 Å². The van der Waals surface area contributed by atoms with Gasteiger partial charge in [-0.1, -0.05) is 18.9 Å². The number of pyridine rings is 1. The maximum Gasteiger partial charge on any atom is 0.126 e. The highest BCUT2D eigenvalue weighted by molar-refractivity contribution is 5.84. The van der Waals surface area contributed by atoms with Crippen molar-refractivity contribution in [2.75, 3.05) is 29.0 Å². The van der Waals surface area contributed by atoms with E-state index in [4.69, 9.17) is 5.73 Å². The number of nitrogens with zero attached hydrogens (tertiary/aromatic N) is 3. The van der Waals surface area contributed by atoms with Crippen LogP contribution in [0.4, 0.5) is 17.2 Å². The van der Waals surface area contributed by atoms with Crippen molar-refractivity contribution in [3.8, 4) is 11.1 Å². The van der Waals surface area contributed by atoms with Gasteiger partial charge in [-0.25, -0.2) is 4.98 Å². The summed E-state index contributed by atoms with van der Waals surface area (Å²) in [5, 5.41) is 16.1. The number of nitrogens with one attached hydrogen (secondary N) is 3. The van der Waals surface area contributed by atoms with Crippen LogP contribution in [0.15, 0.2) is 67.0 Å². The molecule has 7 nitrogen and oxygen atoms in total. The van der Waals surface area contributed by atoms with Crippen molar-refractivity contribution in [1.29, 1.82) is 0 Å². The third kappa shape index (κ3) is 5.02. The number of hydrogen-bond acceptors (Lipinski definition) is 6. The van der Waals surface area contributed by atoms with Crippen molar-refractivity contribution in [3.63, 3.8) is 0 Å². The minimum Gasteiger partial charge on any atom is -0.399 e. The molecule has 1 aliphatic heterocycles. The van der Waals surface area contributed by atoms with E-state index in [1.54, 1.807) is 0 Å². The summed E-state index contributed by atoms with van der Waals surface area (Å²) in [4.78, 5) is 7.17. The smallest absolute Gasteiger partial charge is 0.126 e. The molecule has 0 spiro atoms. The third-order valence-electron chi connectivity index (χ3n) is 7.76. The zero-order valence-electron chi connectivity index (χ0n) is 20.7. The molecule has 1 saturated carbocycles. The number of aromatic nitrogens is 3. The molecule has 1 aliphatic carbocycles. The van der Waals surface area contributed by atoms with Gasteiger partial charge in [-0.3, -0.25) is 5.10 Å². The number of aromatic amines is 1. The van der Waals surface area contributed by atoms with Gasteiger partial charge < -0.3 is 21.3 Å².